The van der Waals surface area contributed by atoms with Gasteiger partial charge < -0.3 is 5.32 Å². The average molecular weight is 252 g/mol. The molecule has 0 amide bonds. The summed E-state index contributed by atoms with van der Waals surface area (Å²) in [7, 11) is 0. The zero-order chi connectivity index (χ0) is 12.3. The Hall–Kier alpha value is -1.47. The van der Waals surface area contributed by atoms with Crippen molar-refractivity contribution in [1.82, 2.24) is 9.78 Å². The van der Waals surface area contributed by atoms with Crippen molar-refractivity contribution in [2.45, 2.75) is 26.3 Å². The maximum atomic E-state index is 12.1. The van der Waals surface area contributed by atoms with Crippen LogP contribution in [0.15, 0.2) is 11.0 Å². The molecular weight excluding hydrogens is 238 g/mol. The van der Waals surface area contributed by atoms with Crippen molar-refractivity contribution >= 4 is 17.3 Å². The molecule has 2 rings (SSSR count). The number of halogens is 1. The number of rotatable bonds is 4. The molecule has 0 aliphatic heterocycles. The lowest BCUT2D eigenvalue weighted by Crippen LogP contribution is -2.26. The fourth-order valence-electron chi connectivity index (χ4n) is 1.52. The van der Waals surface area contributed by atoms with Gasteiger partial charge in [0, 0.05) is 6.54 Å². The molecule has 0 atom stereocenters. The van der Waals surface area contributed by atoms with Crippen molar-refractivity contribution in [2.24, 2.45) is 5.92 Å². The van der Waals surface area contributed by atoms with Gasteiger partial charge in [0.15, 0.2) is 0 Å². The minimum atomic E-state index is -0.165. The molecule has 0 aromatic carbocycles. The largest absolute Gasteiger partial charge is 0.368 e. The Labute approximate surface area is 105 Å². The SMILES string of the molecule is CC#CCNc1c(Cl)cnn(CC2CC2)c1=O. The molecule has 1 aliphatic carbocycles. The summed E-state index contributed by atoms with van der Waals surface area (Å²) < 4.78 is 1.48. The van der Waals surface area contributed by atoms with E-state index in [4.69, 9.17) is 11.6 Å². The van der Waals surface area contributed by atoms with Gasteiger partial charge in [-0.05, 0) is 25.7 Å². The molecule has 1 fully saturated rings. The van der Waals surface area contributed by atoms with E-state index >= 15 is 0 Å². The number of hydrogen-bond acceptors (Lipinski definition) is 3. The predicted molar refractivity (Wildman–Crippen MR) is 68.2 cm³/mol. The van der Waals surface area contributed by atoms with E-state index in [1.54, 1.807) is 6.92 Å². The first kappa shape index (κ1) is 12.0. The first-order valence-corrected chi connectivity index (χ1v) is 5.99. The van der Waals surface area contributed by atoms with E-state index in [1.807, 2.05) is 0 Å². The van der Waals surface area contributed by atoms with Crippen molar-refractivity contribution in [2.75, 3.05) is 11.9 Å². The number of anilines is 1. The highest BCUT2D eigenvalue weighted by Gasteiger charge is 2.23. The van der Waals surface area contributed by atoms with E-state index in [2.05, 4.69) is 22.3 Å². The molecule has 4 nitrogen and oxygen atoms in total. The van der Waals surface area contributed by atoms with Crippen LogP contribution in [0, 0.1) is 17.8 Å². The monoisotopic (exact) mass is 251 g/mol. The van der Waals surface area contributed by atoms with E-state index in [-0.39, 0.29) is 5.56 Å². The summed E-state index contributed by atoms with van der Waals surface area (Å²) in [5, 5.41) is 7.33. The van der Waals surface area contributed by atoms with Crippen LogP contribution >= 0.6 is 11.6 Å². The number of hydrogen-bond donors (Lipinski definition) is 1. The summed E-state index contributed by atoms with van der Waals surface area (Å²) in [6, 6.07) is 0. The van der Waals surface area contributed by atoms with Crippen LogP contribution in [0.4, 0.5) is 5.69 Å². The minimum absolute atomic E-state index is 0.165. The van der Waals surface area contributed by atoms with Crippen molar-refractivity contribution < 1.29 is 0 Å². The van der Waals surface area contributed by atoms with Crippen LogP contribution in [0.5, 0.6) is 0 Å². The second-order valence-electron chi connectivity index (χ2n) is 4.08. The van der Waals surface area contributed by atoms with Crippen LogP contribution in [0.2, 0.25) is 5.02 Å². The molecule has 1 heterocycles. The molecular formula is C12H14ClN3O. The maximum absolute atomic E-state index is 12.1. The third kappa shape index (κ3) is 3.01. The van der Waals surface area contributed by atoms with Gasteiger partial charge in [-0.1, -0.05) is 17.5 Å². The zero-order valence-electron chi connectivity index (χ0n) is 9.66. The highest BCUT2D eigenvalue weighted by Crippen LogP contribution is 2.30. The Morgan fingerprint density at radius 3 is 3.06 bits per heavy atom. The second-order valence-corrected chi connectivity index (χ2v) is 4.49. The topological polar surface area (TPSA) is 46.9 Å². The first-order chi connectivity index (χ1) is 8.22. The maximum Gasteiger partial charge on any atom is 0.291 e. The van der Waals surface area contributed by atoms with Gasteiger partial charge in [-0.2, -0.15) is 5.10 Å². The molecule has 1 N–H and O–H groups in total. The lowest BCUT2D eigenvalue weighted by atomic mass is 10.4. The third-order valence-electron chi connectivity index (χ3n) is 2.66. The molecule has 0 saturated heterocycles. The van der Waals surface area contributed by atoms with Crippen LogP contribution in [0.25, 0.3) is 0 Å². The number of nitrogens with one attached hydrogen (secondary N) is 1. The van der Waals surface area contributed by atoms with E-state index < -0.39 is 0 Å². The molecule has 1 aromatic rings. The molecule has 1 aliphatic rings. The van der Waals surface area contributed by atoms with Crippen molar-refractivity contribution in [3.05, 3.63) is 21.6 Å². The van der Waals surface area contributed by atoms with E-state index in [1.165, 1.54) is 23.7 Å². The smallest absolute Gasteiger partial charge is 0.291 e. The molecule has 1 saturated carbocycles. The summed E-state index contributed by atoms with van der Waals surface area (Å²) in [5.74, 6) is 6.19. The van der Waals surface area contributed by atoms with Crippen LogP contribution in [-0.2, 0) is 6.54 Å². The fourth-order valence-corrected chi connectivity index (χ4v) is 1.72. The summed E-state index contributed by atoms with van der Waals surface area (Å²) in [5.41, 5.74) is 0.229. The summed E-state index contributed by atoms with van der Waals surface area (Å²) in [6.45, 7) is 2.85. The van der Waals surface area contributed by atoms with Crippen LogP contribution in [0.3, 0.4) is 0 Å². The lowest BCUT2D eigenvalue weighted by Gasteiger charge is -2.08. The van der Waals surface area contributed by atoms with E-state index in [0.29, 0.717) is 29.7 Å². The molecule has 0 radical (unpaired) electrons. The lowest BCUT2D eigenvalue weighted by molar-refractivity contribution is 0.534. The van der Waals surface area contributed by atoms with Crippen LogP contribution in [-0.4, -0.2) is 16.3 Å². The third-order valence-corrected chi connectivity index (χ3v) is 2.94. The molecule has 1 aromatic heterocycles. The van der Waals surface area contributed by atoms with Gasteiger partial charge >= 0.3 is 0 Å². The minimum Gasteiger partial charge on any atom is -0.368 e. The highest BCUT2D eigenvalue weighted by molar-refractivity contribution is 6.33. The van der Waals surface area contributed by atoms with E-state index in [0.717, 1.165) is 0 Å². The molecule has 90 valence electrons. The Kier molecular flexibility index (Phi) is 3.70. The van der Waals surface area contributed by atoms with Gasteiger partial charge in [-0.3, -0.25) is 4.79 Å². The van der Waals surface area contributed by atoms with Gasteiger partial charge in [0.2, 0.25) is 0 Å². The van der Waals surface area contributed by atoms with Gasteiger partial charge in [-0.15, -0.1) is 5.92 Å². The van der Waals surface area contributed by atoms with Crippen LogP contribution < -0.4 is 10.9 Å². The van der Waals surface area contributed by atoms with Gasteiger partial charge in [0.25, 0.3) is 5.56 Å². The van der Waals surface area contributed by atoms with Crippen molar-refractivity contribution in [1.29, 1.82) is 0 Å². The molecule has 0 spiro atoms. The first-order valence-electron chi connectivity index (χ1n) is 5.61. The average Bonchev–Trinajstić information content (AvgIpc) is 3.11. The normalized spacial score (nSPS) is 14.0. The Morgan fingerprint density at radius 1 is 1.65 bits per heavy atom. The quantitative estimate of drug-likeness (QED) is 0.830. The molecule has 17 heavy (non-hydrogen) atoms. The second kappa shape index (κ2) is 5.24. The Balaban J connectivity index is 2.21. The highest BCUT2D eigenvalue weighted by atomic mass is 35.5. The standard InChI is InChI=1S/C12H14ClN3O/c1-2-3-6-14-11-10(13)7-15-16(12(11)17)8-9-4-5-9/h7,9,14H,4-6,8H2,1H3. The molecule has 0 bridgehead atoms. The summed E-state index contributed by atoms with van der Waals surface area (Å²) in [4.78, 5) is 12.1. The Bertz CT molecular complexity index is 523. The van der Waals surface area contributed by atoms with E-state index in [9.17, 15) is 4.79 Å². The van der Waals surface area contributed by atoms with Crippen molar-refractivity contribution in [3.8, 4) is 11.8 Å². The Morgan fingerprint density at radius 2 is 2.41 bits per heavy atom. The molecule has 0 unspecified atom stereocenters. The van der Waals surface area contributed by atoms with Crippen molar-refractivity contribution in [3.63, 3.8) is 0 Å². The van der Waals surface area contributed by atoms with Gasteiger partial charge in [-0.25, -0.2) is 4.68 Å². The van der Waals surface area contributed by atoms with Gasteiger partial charge in [0.1, 0.15) is 5.69 Å². The van der Waals surface area contributed by atoms with Crippen LogP contribution in [0.1, 0.15) is 19.8 Å². The number of nitrogens with zero attached hydrogens (tertiary/aromatic N) is 2. The fraction of sp³-hybridized carbons (Fsp3) is 0.500. The number of aromatic nitrogens is 2. The van der Waals surface area contributed by atoms with Gasteiger partial charge in [0.05, 0.1) is 17.8 Å². The zero-order valence-corrected chi connectivity index (χ0v) is 10.4. The predicted octanol–water partition coefficient (Wildman–Crippen LogP) is 1.74. The summed E-state index contributed by atoms with van der Waals surface area (Å²) in [6.07, 6.45) is 3.87. The summed E-state index contributed by atoms with van der Waals surface area (Å²) >= 11 is 5.95. The molecule has 5 heteroatoms.